The fourth-order valence-corrected chi connectivity index (χ4v) is 3.39. The highest BCUT2D eigenvalue weighted by Gasteiger charge is 2.20. The lowest BCUT2D eigenvalue weighted by atomic mass is 10.1. The number of aromatic carboxylic acids is 1. The molecule has 1 aromatic heterocycles. The Balaban J connectivity index is 2.04. The zero-order valence-electron chi connectivity index (χ0n) is 15.5. The van der Waals surface area contributed by atoms with Crippen molar-refractivity contribution in [1.29, 1.82) is 0 Å². The van der Waals surface area contributed by atoms with Gasteiger partial charge in [-0.1, -0.05) is 13.0 Å². The molecule has 3 aromatic rings. The summed E-state index contributed by atoms with van der Waals surface area (Å²) in [4.78, 5) is 24.1. The third kappa shape index (κ3) is 3.26. The van der Waals surface area contributed by atoms with Crippen molar-refractivity contribution in [1.82, 2.24) is 4.57 Å². The molecule has 0 fully saturated rings. The van der Waals surface area contributed by atoms with Gasteiger partial charge < -0.3 is 20.1 Å². The summed E-state index contributed by atoms with van der Waals surface area (Å²) in [6.45, 7) is 6.62. The molecule has 0 radical (unpaired) electrons. The number of aryl methyl sites for hydroxylation is 3. The lowest BCUT2D eigenvalue weighted by Crippen LogP contribution is -2.18. The number of hydrogen-bond acceptors (Lipinski definition) is 3. The zero-order chi connectivity index (χ0) is 19.7. The summed E-state index contributed by atoms with van der Waals surface area (Å²) in [5, 5.41) is 22.6. The van der Waals surface area contributed by atoms with Gasteiger partial charge in [0.15, 0.2) is 0 Å². The standard InChI is InChI=1S/C21H22N2O4/c1-4-13-6-8-17-15(10-13)12(3)19(23(17)5-2)20(25)22-14-7-9-18(24)16(11-14)21(26)27/h6-11,24H,4-5H2,1-3H3,(H,22,25)(H,26,27). The van der Waals surface area contributed by atoms with E-state index in [0.717, 1.165) is 22.9 Å². The molecule has 0 bridgehead atoms. The average Bonchev–Trinajstić information content (AvgIpc) is 2.94. The summed E-state index contributed by atoms with van der Waals surface area (Å²) in [5.74, 6) is -1.91. The van der Waals surface area contributed by atoms with Gasteiger partial charge in [0.05, 0.1) is 0 Å². The number of phenols is 1. The first-order chi connectivity index (χ1) is 12.9. The van der Waals surface area contributed by atoms with Crippen LogP contribution in [0.2, 0.25) is 0 Å². The molecule has 6 nitrogen and oxygen atoms in total. The van der Waals surface area contributed by atoms with E-state index in [4.69, 9.17) is 5.11 Å². The van der Waals surface area contributed by atoms with Crippen molar-refractivity contribution in [2.24, 2.45) is 0 Å². The van der Waals surface area contributed by atoms with Crippen LogP contribution in [0.4, 0.5) is 5.69 Å². The van der Waals surface area contributed by atoms with Crippen molar-refractivity contribution in [3.63, 3.8) is 0 Å². The molecule has 2 aromatic carbocycles. The third-order valence-corrected chi connectivity index (χ3v) is 4.81. The number of nitrogens with one attached hydrogen (secondary N) is 1. The number of rotatable bonds is 5. The first kappa shape index (κ1) is 18.5. The van der Waals surface area contributed by atoms with Crippen LogP contribution in [0.25, 0.3) is 10.9 Å². The molecular weight excluding hydrogens is 344 g/mol. The number of hydrogen-bond donors (Lipinski definition) is 3. The largest absolute Gasteiger partial charge is 0.507 e. The predicted octanol–water partition coefficient (Wildman–Crippen LogP) is 4.19. The number of carboxylic acid groups (broad SMARTS) is 1. The minimum absolute atomic E-state index is 0.256. The summed E-state index contributed by atoms with van der Waals surface area (Å²) < 4.78 is 1.96. The summed E-state index contributed by atoms with van der Waals surface area (Å²) >= 11 is 0. The van der Waals surface area contributed by atoms with Gasteiger partial charge in [-0.05, 0) is 61.7 Å². The number of carbonyl (C=O) groups excluding carboxylic acids is 1. The van der Waals surface area contributed by atoms with Gasteiger partial charge in [-0.25, -0.2) is 4.79 Å². The minimum atomic E-state index is -1.26. The Bertz CT molecular complexity index is 1050. The summed E-state index contributed by atoms with van der Waals surface area (Å²) in [7, 11) is 0. The third-order valence-electron chi connectivity index (χ3n) is 4.81. The van der Waals surface area contributed by atoms with E-state index in [1.165, 1.54) is 23.8 Å². The Morgan fingerprint density at radius 1 is 1.11 bits per heavy atom. The molecular formula is C21H22N2O4. The molecule has 0 aliphatic rings. The number of benzene rings is 2. The highest BCUT2D eigenvalue weighted by molar-refractivity contribution is 6.09. The summed E-state index contributed by atoms with van der Waals surface area (Å²) in [6, 6.07) is 10.2. The van der Waals surface area contributed by atoms with Gasteiger partial charge in [-0.2, -0.15) is 0 Å². The van der Waals surface area contributed by atoms with Crippen molar-refractivity contribution in [2.75, 3.05) is 5.32 Å². The number of amides is 1. The molecule has 0 saturated heterocycles. The minimum Gasteiger partial charge on any atom is -0.507 e. The van der Waals surface area contributed by atoms with E-state index in [0.29, 0.717) is 17.9 Å². The van der Waals surface area contributed by atoms with E-state index >= 15 is 0 Å². The first-order valence-corrected chi connectivity index (χ1v) is 8.86. The zero-order valence-corrected chi connectivity index (χ0v) is 15.5. The lowest BCUT2D eigenvalue weighted by molar-refractivity contribution is 0.0693. The Kier molecular flexibility index (Phi) is 4.90. The topological polar surface area (TPSA) is 91.6 Å². The summed E-state index contributed by atoms with van der Waals surface area (Å²) in [6.07, 6.45) is 0.916. The maximum atomic E-state index is 13.0. The molecule has 6 heteroatoms. The van der Waals surface area contributed by atoms with Gasteiger partial charge in [0.1, 0.15) is 17.0 Å². The molecule has 27 heavy (non-hydrogen) atoms. The SMILES string of the molecule is CCc1ccc2c(c1)c(C)c(C(=O)Nc1ccc(O)c(C(=O)O)c1)n2CC. The highest BCUT2D eigenvalue weighted by atomic mass is 16.4. The molecule has 0 unspecified atom stereocenters. The van der Waals surface area contributed by atoms with Crippen LogP contribution in [0.15, 0.2) is 36.4 Å². The molecule has 3 N–H and O–H groups in total. The van der Waals surface area contributed by atoms with Crippen LogP contribution in [-0.4, -0.2) is 26.7 Å². The van der Waals surface area contributed by atoms with Crippen molar-refractivity contribution >= 4 is 28.5 Å². The Morgan fingerprint density at radius 2 is 1.85 bits per heavy atom. The predicted molar refractivity (Wildman–Crippen MR) is 105 cm³/mol. The van der Waals surface area contributed by atoms with Crippen LogP contribution < -0.4 is 5.32 Å². The van der Waals surface area contributed by atoms with Gasteiger partial charge in [0.25, 0.3) is 5.91 Å². The van der Waals surface area contributed by atoms with Gasteiger partial charge in [-0.15, -0.1) is 0 Å². The van der Waals surface area contributed by atoms with Crippen LogP contribution in [0.3, 0.4) is 0 Å². The van der Waals surface area contributed by atoms with Crippen molar-refractivity contribution in [2.45, 2.75) is 33.7 Å². The molecule has 1 amide bonds. The molecule has 0 atom stereocenters. The second-order valence-electron chi connectivity index (χ2n) is 6.41. The molecule has 0 saturated carbocycles. The quantitative estimate of drug-likeness (QED) is 0.591. The fraction of sp³-hybridized carbons (Fsp3) is 0.238. The lowest BCUT2D eigenvalue weighted by Gasteiger charge is -2.11. The monoisotopic (exact) mass is 366 g/mol. The second-order valence-corrected chi connectivity index (χ2v) is 6.41. The number of carbonyl (C=O) groups is 2. The fourth-order valence-electron chi connectivity index (χ4n) is 3.39. The van der Waals surface area contributed by atoms with Crippen LogP contribution in [0.5, 0.6) is 5.75 Å². The van der Waals surface area contributed by atoms with E-state index in [-0.39, 0.29) is 17.2 Å². The number of nitrogens with zero attached hydrogens (tertiary/aromatic N) is 1. The van der Waals surface area contributed by atoms with Gasteiger partial charge in [0, 0.05) is 23.1 Å². The van der Waals surface area contributed by atoms with Crippen molar-refractivity contribution in [3.8, 4) is 5.75 Å². The van der Waals surface area contributed by atoms with Crippen molar-refractivity contribution < 1.29 is 19.8 Å². The normalized spacial score (nSPS) is 10.9. The molecule has 3 rings (SSSR count). The smallest absolute Gasteiger partial charge is 0.339 e. The van der Waals surface area contributed by atoms with E-state index in [1.54, 1.807) is 0 Å². The number of aromatic nitrogens is 1. The van der Waals surface area contributed by atoms with E-state index < -0.39 is 5.97 Å². The first-order valence-electron chi connectivity index (χ1n) is 8.86. The maximum Gasteiger partial charge on any atom is 0.339 e. The van der Waals surface area contributed by atoms with E-state index in [9.17, 15) is 14.7 Å². The van der Waals surface area contributed by atoms with E-state index in [2.05, 4.69) is 24.4 Å². The maximum absolute atomic E-state index is 13.0. The van der Waals surface area contributed by atoms with Crippen LogP contribution in [0.1, 0.15) is 45.8 Å². The molecule has 140 valence electrons. The number of anilines is 1. The molecule has 0 spiro atoms. The molecule has 1 heterocycles. The van der Waals surface area contributed by atoms with E-state index in [1.807, 2.05) is 24.5 Å². The number of aromatic hydroxyl groups is 1. The number of fused-ring (bicyclic) bond motifs is 1. The molecule has 0 aliphatic heterocycles. The molecule has 0 aliphatic carbocycles. The number of carboxylic acids is 1. The Morgan fingerprint density at radius 3 is 2.48 bits per heavy atom. The highest BCUT2D eigenvalue weighted by Crippen LogP contribution is 2.28. The second kappa shape index (κ2) is 7.15. The van der Waals surface area contributed by atoms with Crippen molar-refractivity contribution in [3.05, 3.63) is 58.8 Å². The Hall–Kier alpha value is -3.28. The average molecular weight is 366 g/mol. The van der Waals surface area contributed by atoms with Crippen LogP contribution in [-0.2, 0) is 13.0 Å². The van der Waals surface area contributed by atoms with Gasteiger partial charge in [-0.3, -0.25) is 4.79 Å². The summed E-state index contributed by atoms with van der Waals surface area (Å²) in [5.41, 5.74) is 3.69. The van der Waals surface area contributed by atoms with Gasteiger partial charge in [0.2, 0.25) is 0 Å². The Labute approximate surface area is 157 Å². The van der Waals surface area contributed by atoms with Crippen LogP contribution in [0, 0.1) is 6.92 Å². The van der Waals surface area contributed by atoms with Crippen LogP contribution >= 0.6 is 0 Å². The van der Waals surface area contributed by atoms with Gasteiger partial charge >= 0.3 is 5.97 Å².